The number of aromatic nitrogens is 2. The zero-order valence-electron chi connectivity index (χ0n) is 16.7. The van der Waals surface area contributed by atoms with E-state index in [-0.39, 0.29) is 6.10 Å². The van der Waals surface area contributed by atoms with Gasteiger partial charge in [0.15, 0.2) is 0 Å². The van der Waals surface area contributed by atoms with Crippen LogP contribution >= 0.6 is 0 Å². The van der Waals surface area contributed by atoms with Crippen molar-refractivity contribution in [3.05, 3.63) is 48.0 Å². The molecule has 1 fully saturated rings. The van der Waals surface area contributed by atoms with E-state index in [1.165, 1.54) is 24.7 Å². The number of aliphatic hydroxyl groups excluding tert-OH is 1. The molecule has 1 aliphatic carbocycles. The zero-order valence-corrected chi connectivity index (χ0v) is 17.5. The van der Waals surface area contributed by atoms with Crippen molar-refractivity contribution in [3.8, 4) is 5.75 Å². The Labute approximate surface area is 174 Å². The molecule has 158 valence electrons. The molecule has 0 spiro atoms. The number of nitrogens with zero attached hydrogens (tertiary/aromatic N) is 2. The van der Waals surface area contributed by atoms with Crippen LogP contribution in [-0.2, 0) is 9.71 Å². The first-order chi connectivity index (χ1) is 14.2. The minimum absolute atomic E-state index is 0.309. The van der Waals surface area contributed by atoms with Gasteiger partial charge in [-0.05, 0) is 55.5 Å². The molecule has 3 atom stereocenters. The van der Waals surface area contributed by atoms with Crippen molar-refractivity contribution >= 4 is 43.7 Å². The number of fused-ring (bicyclic) bond motifs is 1. The standard InChI is InChI=1S/C21H23FN4O3S/c1-12-8-14(26-30(2,3)28)10-16-20(12)21(24-11-23-16)25-15-5-4-13(22)9-19(15)29-18-7-6-17(18)27/h4-5,8-11,17-18,27H,2,6-7H2,1,3H3,(H,26,28)(H,23,24,25). The Balaban J connectivity index is 1.71. The average molecular weight is 431 g/mol. The summed E-state index contributed by atoms with van der Waals surface area (Å²) in [5.74, 6) is 4.02. The molecule has 3 unspecified atom stereocenters. The lowest BCUT2D eigenvalue weighted by Gasteiger charge is -2.33. The van der Waals surface area contributed by atoms with Gasteiger partial charge >= 0.3 is 0 Å². The normalized spacial score (nSPS) is 20.3. The first-order valence-electron chi connectivity index (χ1n) is 9.46. The Bertz CT molecular complexity index is 1220. The molecule has 0 aliphatic heterocycles. The van der Waals surface area contributed by atoms with E-state index in [0.717, 1.165) is 17.4 Å². The molecule has 4 rings (SSSR count). The first kappa shape index (κ1) is 20.4. The van der Waals surface area contributed by atoms with Crippen LogP contribution in [0.5, 0.6) is 5.75 Å². The highest BCUT2D eigenvalue weighted by Gasteiger charge is 2.31. The lowest BCUT2D eigenvalue weighted by Crippen LogP contribution is -2.41. The van der Waals surface area contributed by atoms with Crippen molar-refractivity contribution < 1.29 is 18.4 Å². The monoisotopic (exact) mass is 430 g/mol. The van der Waals surface area contributed by atoms with Gasteiger partial charge in [0.2, 0.25) is 0 Å². The molecule has 1 aromatic heterocycles. The van der Waals surface area contributed by atoms with E-state index in [2.05, 4.69) is 25.9 Å². The van der Waals surface area contributed by atoms with Crippen molar-refractivity contribution in [2.75, 3.05) is 16.3 Å². The van der Waals surface area contributed by atoms with Crippen LogP contribution in [0.1, 0.15) is 18.4 Å². The van der Waals surface area contributed by atoms with E-state index in [9.17, 15) is 13.7 Å². The van der Waals surface area contributed by atoms with Crippen molar-refractivity contribution in [2.24, 2.45) is 0 Å². The number of ether oxygens (including phenoxy) is 1. The highest BCUT2D eigenvalue weighted by Crippen LogP contribution is 2.35. The number of halogens is 1. The number of benzene rings is 2. The topological polar surface area (TPSA) is 96.4 Å². The Hall–Kier alpha value is -2.91. The minimum atomic E-state index is -2.43. The minimum Gasteiger partial charge on any atom is -0.485 e. The van der Waals surface area contributed by atoms with E-state index in [1.807, 2.05) is 13.0 Å². The molecule has 0 saturated heterocycles. The van der Waals surface area contributed by atoms with Gasteiger partial charge in [-0.3, -0.25) is 0 Å². The van der Waals surface area contributed by atoms with Gasteiger partial charge in [-0.15, -0.1) is 0 Å². The number of aryl methyl sites for hydroxylation is 1. The molecule has 2 aromatic carbocycles. The summed E-state index contributed by atoms with van der Waals surface area (Å²) in [6.07, 6.45) is 3.43. The molecule has 1 aliphatic rings. The summed E-state index contributed by atoms with van der Waals surface area (Å²) in [5, 5.41) is 13.8. The predicted octanol–water partition coefficient (Wildman–Crippen LogP) is 3.40. The lowest BCUT2D eigenvalue weighted by atomic mass is 9.92. The molecule has 0 amide bonds. The third kappa shape index (κ3) is 4.31. The summed E-state index contributed by atoms with van der Waals surface area (Å²) in [7, 11) is -2.43. The Morgan fingerprint density at radius 3 is 2.73 bits per heavy atom. The smallest absolute Gasteiger partial charge is 0.146 e. The molecular weight excluding hydrogens is 407 g/mol. The number of hydrogen-bond acceptors (Lipinski definition) is 6. The van der Waals surface area contributed by atoms with Crippen LogP contribution in [0.2, 0.25) is 0 Å². The van der Waals surface area contributed by atoms with Gasteiger partial charge in [0.1, 0.15) is 29.8 Å². The maximum atomic E-state index is 13.8. The molecule has 7 nitrogen and oxygen atoms in total. The second-order valence-corrected chi connectivity index (χ2v) is 9.80. The molecule has 0 bridgehead atoms. The van der Waals surface area contributed by atoms with Crippen LogP contribution in [0.15, 0.2) is 36.7 Å². The molecule has 30 heavy (non-hydrogen) atoms. The highest BCUT2D eigenvalue weighted by atomic mass is 32.2. The van der Waals surface area contributed by atoms with Crippen molar-refractivity contribution in [1.29, 1.82) is 0 Å². The third-order valence-electron chi connectivity index (χ3n) is 4.92. The lowest BCUT2D eigenvalue weighted by molar-refractivity contribution is -0.0359. The van der Waals surface area contributed by atoms with Gasteiger partial charge < -0.3 is 19.9 Å². The molecule has 0 radical (unpaired) electrons. The number of nitrogens with one attached hydrogen (secondary N) is 2. The Morgan fingerprint density at radius 2 is 2.07 bits per heavy atom. The van der Waals surface area contributed by atoms with Gasteiger partial charge in [0.25, 0.3) is 0 Å². The van der Waals surface area contributed by atoms with Gasteiger partial charge in [-0.2, -0.15) is 0 Å². The van der Waals surface area contributed by atoms with E-state index < -0.39 is 21.6 Å². The van der Waals surface area contributed by atoms with Crippen LogP contribution < -0.4 is 14.8 Å². The second-order valence-electron chi connectivity index (χ2n) is 7.58. The number of hydrogen-bond donors (Lipinski definition) is 3. The number of aliphatic hydroxyl groups is 1. The van der Waals surface area contributed by atoms with Crippen LogP contribution in [0.25, 0.3) is 10.9 Å². The highest BCUT2D eigenvalue weighted by molar-refractivity contribution is 8.00. The summed E-state index contributed by atoms with van der Waals surface area (Å²) in [6, 6.07) is 7.81. The molecule has 1 saturated carbocycles. The quantitative estimate of drug-likeness (QED) is 0.519. The maximum Gasteiger partial charge on any atom is 0.146 e. The Kier molecular flexibility index (Phi) is 5.25. The van der Waals surface area contributed by atoms with Gasteiger partial charge in [-0.25, -0.2) is 18.6 Å². The summed E-state index contributed by atoms with van der Waals surface area (Å²) in [6.45, 7) is 1.90. The molecule has 3 N–H and O–H groups in total. The SMILES string of the molecule is C=S(C)(=O)Nc1cc(C)c2c(Nc3ccc(F)cc3OC3CCC3O)ncnc2c1. The van der Waals surface area contributed by atoms with E-state index in [0.29, 0.717) is 34.9 Å². The van der Waals surface area contributed by atoms with Crippen molar-refractivity contribution in [1.82, 2.24) is 9.97 Å². The van der Waals surface area contributed by atoms with Gasteiger partial charge in [0, 0.05) is 33.1 Å². The van der Waals surface area contributed by atoms with Gasteiger partial charge in [-0.1, -0.05) is 0 Å². The molecule has 9 heteroatoms. The zero-order chi connectivity index (χ0) is 21.5. The number of rotatable bonds is 6. The summed E-state index contributed by atoms with van der Waals surface area (Å²) in [5.41, 5.74) is 2.70. The average Bonchev–Trinajstić information content (AvgIpc) is 2.65. The predicted molar refractivity (Wildman–Crippen MR) is 118 cm³/mol. The third-order valence-corrected chi connectivity index (χ3v) is 5.59. The Morgan fingerprint density at radius 1 is 1.27 bits per heavy atom. The summed E-state index contributed by atoms with van der Waals surface area (Å²) >= 11 is 0. The summed E-state index contributed by atoms with van der Waals surface area (Å²) < 4.78 is 34.5. The molecular formula is C21H23FN4O3S. The van der Waals surface area contributed by atoms with E-state index >= 15 is 0 Å². The first-order valence-corrected chi connectivity index (χ1v) is 11.6. The van der Waals surface area contributed by atoms with Crippen LogP contribution in [0.3, 0.4) is 0 Å². The van der Waals surface area contributed by atoms with E-state index in [4.69, 9.17) is 4.74 Å². The van der Waals surface area contributed by atoms with E-state index in [1.54, 1.807) is 12.1 Å². The van der Waals surface area contributed by atoms with Crippen LogP contribution in [-0.4, -0.2) is 43.6 Å². The molecule has 1 heterocycles. The summed E-state index contributed by atoms with van der Waals surface area (Å²) in [4.78, 5) is 8.67. The maximum absolute atomic E-state index is 13.8. The molecule has 3 aromatic rings. The van der Waals surface area contributed by atoms with Crippen LogP contribution in [0.4, 0.5) is 21.6 Å². The van der Waals surface area contributed by atoms with Gasteiger partial charge in [0.05, 0.1) is 17.3 Å². The fourth-order valence-corrected chi connectivity index (χ4v) is 3.99. The van der Waals surface area contributed by atoms with Crippen LogP contribution in [0, 0.1) is 12.7 Å². The fraction of sp³-hybridized carbons (Fsp3) is 0.286. The largest absolute Gasteiger partial charge is 0.485 e. The van der Waals surface area contributed by atoms with Crippen molar-refractivity contribution in [3.63, 3.8) is 0 Å². The second kappa shape index (κ2) is 7.73. The fourth-order valence-electron chi connectivity index (χ4n) is 3.37. The number of anilines is 3. The van der Waals surface area contributed by atoms with Crippen molar-refractivity contribution in [2.45, 2.75) is 32.0 Å².